The molecule has 0 fully saturated rings. The molecule has 2 aliphatic rings. The molecule has 5 rings (SSSR count). The van der Waals surface area contributed by atoms with Gasteiger partial charge in [-0.15, -0.1) is 5.10 Å². The van der Waals surface area contributed by atoms with E-state index in [-0.39, 0.29) is 23.3 Å². The minimum Gasteiger partial charge on any atom is -0.308 e. The fourth-order valence-electron chi connectivity index (χ4n) is 5.05. The SMILES string of the molecule is [C-]#[N+]C1=C[C@]2(C)c3nc(-c4ccccc4)n(-c4nnn(C)n4)c3CC[C@H]2[C@H](C)C1=O. The van der Waals surface area contributed by atoms with E-state index < -0.39 is 5.41 Å². The van der Waals surface area contributed by atoms with Gasteiger partial charge in [0.1, 0.15) is 5.82 Å². The highest BCUT2D eigenvalue weighted by molar-refractivity contribution is 6.00. The maximum atomic E-state index is 12.6. The average molecular weight is 399 g/mol. The van der Waals surface area contributed by atoms with Crippen LogP contribution in [0.5, 0.6) is 0 Å². The quantitative estimate of drug-likeness (QED) is 0.619. The number of tetrazole rings is 1. The van der Waals surface area contributed by atoms with Crippen LogP contribution < -0.4 is 0 Å². The van der Waals surface area contributed by atoms with Crippen LogP contribution in [0.3, 0.4) is 0 Å². The Bertz CT molecular complexity index is 1230. The molecule has 3 aromatic rings. The first-order valence-electron chi connectivity index (χ1n) is 10.0. The van der Waals surface area contributed by atoms with Crippen LogP contribution in [0, 0.1) is 18.4 Å². The minimum atomic E-state index is -0.502. The second kappa shape index (κ2) is 6.46. The van der Waals surface area contributed by atoms with E-state index in [1.807, 2.05) is 47.9 Å². The first kappa shape index (κ1) is 18.4. The van der Waals surface area contributed by atoms with E-state index >= 15 is 0 Å². The van der Waals surface area contributed by atoms with E-state index in [1.165, 1.54) is 4.80 Å². The molecule has 0 N–H and O–H groups in total. The third-order valence-electron chi connectivity index (χ3n) is 6.50. The number of carbonyl (C=O) groups is 1. The van der Waals surface area contributed by atoms with Gasteiger partial charge in [0, 0.05) is 16.9 Å². The molecule has 8 heteroatoms. The van der Waals surface area contributed by atoms with Crippen LogP contribution in [0.15, 0.2) is 42.1 Å². The number of aryl methyl sites for hydroxylation is 1. The second-order valence-electron chi connectivity index (χ2n) is 8.23. The molecule has 2 aliphatic carbocycles. The average Bonchev–Trinajstić information content (AvgIpc) is 3.35. The number of benzene rings is 1. The molecule has 0 spiro atoms. The Balaban J connectivity index is 1.80. The van der Waals surface area contributed by atoms with Crippen molar-refractivity contribution in [2.45, 2.75) is 32.1 Å². The summed E-state index contributed by atoms with van der Waals surface area (Å²) in [5.74, 6) is 1.05. The second-order valence-corrected chi connectivity index (χ2v) is 8.23. The van der Waals surface area contributed by atoms with E-state index in [2.05, 4.69) is 27.2 Å². The molecule has 1 aromatic carbocycles. The van der Waals surface area contributed by atoms with Gasteiger partial charge in [-0.1, -0.05) is 55.4 Å². The van der Waals surface area contributed by atoms with Gasteiger partial charge in [-0.3, -0.25) is 4.57 Å². The van der Waals surface area contributed by atoms with Crippen LogP contribution in [-0.4, -0.2) is 35.5 Å². The van der Waals surface area contributed by atoms with Crippen LogP contribution >= 0.6 is 0 Å². The van der Waals surface area contributed by atoms with Crippen molar-refractivity contribution in [2.24, 2.45) is 18.9 Å². The highest BCUT2D eigenvalue weighted by Crippen LogP contribution is 2.50. The number of hydrogen-bond donors (Lipinski definition) is 0. The van der Waals surface area contributed by atoms with Crippen molar-refractivity contribution in [3.8, 4) is 17.3 Å². The van der Waals surface area contributed by atoms with Gasteiger partial charge in [0.2, 0.25) is 5.70 Å². The van der Waals surface area contributed by atoms with Gasteiger partial charge >= 0.3 is 0 Å². The van der Waals surface area contributed by atoms with Gasteiger partial charge < -0.3 is 4.79 Å². The van der Waals surface area contributed by atoms with Gasteiger partial charge in [0.25, 0.3) is 5.95 Å². The smallest absolute Gasteiger partial charge is 0.276 e. The normalized spacial score (nSPS) is 25.3. The first-order valence-corrected chi connectivity index (χ1v) is 10.0. The lowest BCUT2D eigenvalue weighted by Crippen LogP contribution is -2.45. The molecule has 8 nitrogen and oxygen atoms in total. The van der Waals surface area contributed by atoms with Crippen LogP contribution in [0.4, 0.5) is 0 Å². The molecular formula is C22H21N7O. The van der Waals surface area contributed by atoms with E-state index in [9.17, 15) is 4.79 Å². The molecule has 30 heavy (non-hydrogen) atoms. The number of carbonyl (C=O) groups excluding carboxylic acids is 1. The Morgan fingerprint density at radius 2 is 2.03 bits per heavy atom. The van der Waals surface area contributed by atoms with Crippen molar-refractivity contribution in [1.29, 1.82) is 0 Å². The van der Waals surface area contributed by atoms with Crippen molar-refractivity contribution in [2.75, 3.05) is 0 Å². The van der Waals surface area contributed by atoms with Gasteiger partial charge in [0.05, 0.1) is 25.0 Å². The van der Waals surface area contributed by atoms with Crippen molar-refractivity contribution in [3.05, 3.63) is 64.9 Å². The van der Waals surface area contributed by atoms with Crippen LogP contribution in [0.1, 0.15) is 31.7 Å². The molecule has 3 atom stereocenters. The molecule has 0 amide bonds. The first-order chi connectivity index (χ1) is 14.4. The topological polar surface area (TPSA) is 82.8 Å². The van der Waals surface area contributed by atoms with Gasteiger partial charge in [-0.25, -0.2) is 9.83 Å². The maximum Gasteiger partial charge on any atom is 0.276 e. The number of Topliss-reactive ketones (excluding diaryl/α,β-unsaturated/α-hetero) is 1. The summed E-state index contributed by atoms with van der Waals surface area (Å²) in [4.78, 5) is 22.7. The minimum absolute atomic E-state index is 0.0609. The predicted molar refractivity (Wildman–Crippen MR) is 109 cm³/mol. The van der Waals surface area contributed by atoms with Gasteiger partial charge in [-0.05, 0) is 24.0 Å². The molecule has 0 bridgehead atoms. The third kappa shape index (κ3) is 2.48. The number of ketones is 1. The highest BCUT2D eigenvalue weighted by atomic mass is 16.1. The molecule has 0 aliphatic heterocycles. The number of imidazole rings is 1. The Hall–Kier alpha value is -3.60. The summed E-state index contributed by atoms with van der Waals surface area (Å²) in [6.45, 7) is 11.5. The summed E-state index contributed by atoms with van der Waals surface area (Å²) in [5, 5.41) is 12.7. The summed E-state index contributed by atoms with van der Waals surface area (Å²) in [6.07, 6.45) is 3.42. The zero-order valence-corrected chi connectivity index (χ0v) is 17.1. The predicted octanol–water partition coefficient (Wildman–Crippen LogP) is 2.90. The molecule has 0 saturated carbocycles. The van der Waals surface area contributed by atoms with E-state index in [1.54, 1.807) is 7.05 Å². The maximum absolute atomic E-state index is 12.6. The summed E-state index contributed by atoms with van der Waals surface area (Å²) in [5.41, 5.74) is 2.57. The van der Waals surface area contributed by atoms with Crippen molar-refractivity contribution >= 4 is 5.78 Å². The van der Waals surface area contributed by atoms with Gasteiger partial charge in [0.15, 0.2) is 5.78 Å². The van der Waals surface area contributed by atoms with Crippen molar-refractivity contribution in [3.63, 3.8) is 0 Å². The lowest BCUT2D eigenvalue weighted by molar-refractivity contribution is -0.121. The van der Waals surface area contributed by atoms with E-state index in [0.717, 1.165) is 35.6 Å². The Morgan fingerprint density at radius 3 is 2.70 bits per heavy atom. The summed E-state index contributed by atoms with van der Waals surface area (Å²) < 4.78 is 1.98. The summed E-state index contributed by atoms with van der Waals surface area (Å²) >= 11 is 0. The number of aromatic nitrogens is 6. The number of nitrogens with zero attached hydrogens (tertiary/aromatic N) is 7. The molecular weight excluding hydrogens is 378 g/mol. The van der Waals surface area contributed by atoms with E-state index in [0.29, 0.717) is 5.95 Å². The van der Waals surface area contributed by atoms with E-state index in [4.69, 9.17) is 11.6 Å². The Morgan fingerprint density at radius 1 is 1.27 bits per heavy atom. The molecule has 0 saturated heterocycles. The molecule has 150 valence electrons. The lowest BCUT2D eigenvalue weighted by atomic mass is 9.59. The van der Waals surface area contributed by atoms with Crippen LogP contribution in [0.2, 0.25) is 0 Å². The number of allylic oxidation sites excluding steroid dienone is 2. The monoisotopic (exact) mass is 399 g/mol. The lowest BCUT2D eigenvalue weighted by Gasteiger charge is -2.44. The Labute approximate surface area is 174 Å². The zero-order valence-electron chi connectivity index (χ0n) is 17.1. The standard InChI is InChI=1S/C22H21N7O/c1-13-15-10-11-17-19(22(15,2)12-16(23-3)18(13)30)24-20(14-8-6-5-7-9-14)29(17)21-25-27-28(4)26-21/h5-9,12-13,15H,10-11H2,1-2,4H3/t13-,15-,22-/m0/s1. The summed E-state index contributed by atoms with van der Waals surface area (Å²) in [6, 6.07) is 9.93. The molecule has 2 aromatic heterocycles. The van der Waals surface area contributed by atoms with Crippen LogP contribution in [-0.2, 0) is 23.7 Å². The van der Waals surface area contributed by atoms with Crippen molar-refractivity contribution < 1.29 is 4.79 Å². The fraction of sp³-hybridized carbons (Fsp3) is 0.364. The number of hydrogen-bond acceptors (Lipinski definition) is 5. The fourth-order valence-corrected chi connectivity index (χ4v) is 5.05. The number of fused-ring (bicyclic) bond motifs is 3. The van der Waals surface area contributed by atoms with Crippen LogP contribution in [0.25, 0.3) is 22.2 Å². The molecule has 0 unspecified atom stereocenters. The highest BCUT2D eigenvalue weighted by Gasteiger charge is 2.50. The number of rotatable bonds is 2. The third-order valence-corrected chi connectivity index (χ3v) is 6.50. The zero-order chi connectivity index (χ0) is 21.0. The largest absolute Gasteiger partial charge is 0.308 e. The Kier molecular flexibility index (Phi) is 3.97. The molecule has 0 radical (unpaired) electrons. The van der Waals surface area contributed by atoms with Gasteiger partial charge in [-0.2, -0.15) is 4.80 Å². The molecule has 2 heterocycles. The summed E-state index contributed by atoms with van der Waals surface area (Å²) in [7, 11) is 1.73. The van der Waals surface area contributed by atoms with Crippen molar-refractivity contribution in [1.82, 2.24) is 29.8 Å².